The van der Waals surface area contributed by atoms with Crippen LogP contribution in [0.1, 0.15) is 31.2 Å². The zero-order valence-electron chi connectivity index (χ0n) is 16.0. The summed E-state index contributed by atoms with van der Waals surface area (Å²) in [5, 5.41) is 3.10. The Labute approximate surface area is 166 Å². The molecule has 2 fully saturated rings. The molecule has 2 aliphatic carbocycles. The average molecular weight is 399 g/mol. The number of hydrogen-bond donors (Lipinski definition) is 1. The Kier molecular flexibility index (Phi) is 5.15. The first-order chi connectivity index (χ1) is 13.4. The van der Waals surface area contributed by atoms with Gasteiger partial charge in [0.1, 0.15) is 6.54 Å². The van der Waals surface area contributed by atoms with Gasteiger partial charge in [-0.05, 0) is 62.3 Å². The summed E-state index contributed by atoms with van der Waals surface area (Å²) in [6.45, 7) is 1.73. The fourth-order valence-corrected chi connectivity index (χ4v) is 5.99. The molecule has 0 spiro atoms. The van der Waals surface area contributed by atoms with Crippen molar-refractivity contribution in [2.45, 2.75) is 43.5 Å². The van der Waals surface area contributed by atoms with Crippen LogP contribution in [0.4, 0.5) is 5.69 Å². The SMILES string of the molecule is Cc1ccc(N(CC(=O)N[C@H]2C[C@@H]3CC[C@@H]2C3)S(=O)(=O)c2ccccc2)cc1. The van der Waals surface area contributed by atoms with Crippen LogP contribution in [0.15, 0.2) is 59.5 Å². The smallest absolute Gasteiger partial charge is 0.264 e. The van der Waals surface area contributed by atoms with Crippen LogP contribution in [0.25, 0.3) is 0 Å². The van der Waals surface area contributed by atoms with Gasteiger partial charge in [-0.2, -0.15) is 0 Å². The van der Waals surface area contributed by atoms with Gasteiger partial charge in [0, 0.05) is 6.04 Å². The van der Waals surface area contributed by atoms with Gasteiger partial charge < -0.3 is 5.32 Å². The lowest BCUT2D eigenvalue weighted by atomic mass is 9.95. The molecule has 4 rings (SSSR count). The number of rotatable bonds is 6. The highest BCUT2D eigenvalue weighted by molar-refractivity contribution is 7.92. The van der Waals surface area contributed by atoms with Gasteiger partial charge in [-0.15, -0.1) is 0 Å². The van der Waals surface area contributed by atoms with Crippen LogP contribution in [0, 0.1) is 18.8 Å². The summed E-state index contributed by atoms with van der Waals surface area (Å²) < 4.78 is 27.7. The molecule has 6 heteroatoms. The predicted octanol–water partition coefficient (Wildman–Crippen LogP) is 3.50. The Morgan fingerprint density at radius 2 is 1.75 bits per heavy atom. The minimum Gasteiger partial charge on any atom is -0.352 e. The molecule has 2 bridgehead atoms. The van der Waals surface area contributed by atoms with Gasteiger partial charge in [0.25, 0.3) is 10.0 Å². The number of nitrogens with zero attached hydrogens (tertiary/aromatic N) is 1. The van der Waals surface area contributed by atoms with E-state index in [1.165, 1.54) is 23.6 Å². The number of nitrogens with one attached hydrogen (secondary N) is 1. The second-order valence-electron chi connectivity index (χ2n) is 8.01. The Morgan fingerprint density at radius 1 is 1.04 bits per heavy atom. The molecule has 148 valence electrons. The molecule has 0 aromatic heterocycles. The molecule has 1 amide bonds. The lowest BCUT2D eigenvalue weighted by molar-refractivity contribution is -0.120. The molecule has 1 N–H and O–H groups in total. The molecule has 0 radical (unpaired) electrons. The van der Waals surface area contributed by atoms with Crippen LogP contribution in [-0.4, -0.2) is 26.9 Å². The number of carbonyl (C=O) groups excluding carboxylic acids is 1. The van der Waals surface area contributed by atoms with Crippen molar-refractivity contribution in [3.63, 3.8) is 0 Å². The molecule has 5 nitrogen and oxygen atoms in total. The number of carbonyl (C=O) groups is 1. The number of aryl methyl sites for hydroxylation is 1. The quantitative estimate of drug-likeness (QED) is 0.810. The zero-order valence-corrected chi connectivity index (χ0v) is 16.9. The standard InChI is InChI=1S/C22H26N2O3S/c1-16-7-11-19(12-8-16)24(28(26,27)20-5-3-2-4-6-20)15-22(25)23-21-14-17-9-10-18(21)13-17/h2-8,11-12,17-18,21H,9-10,13-15H2,1H3,(H,23,25)/t17-,18-,21+/m1/s1. The molecule has 2 aromatic carbocycles. The maximum absolute atomic E-state index is 13.3. The third kappa shape index (κ3) is 3.78. The van der Waals surface area contributed by atoms with Crippen molar-refractivity contribution in [3.05, 3.63) is 60.2 Å². The van der Waals surface area contributed by atoms with Gasteiger partial charge in [-0.25, -0.2) is 8.42 Å². The number of fused-ring (bicyclic) bond motifs is 2. The summed E-state index contributed by atoms with van der Waals surface area (Å²) in [7, 11) is -3.83. The van der Waals surface area contributed by atoms with Crippen molar-refractivity contribution in [2.75, 3.05) is 10.8 Å². The van der Waals surface area contributed by atoms with E-state index < -0.39 is 10.0 Å². The van der Waals surface area contributed by atoms with E-state index in [-0.39, 0.29) is 23.4 Å². The summed E-state index contributed by atoms with van der Waals surface area (Å²) in [5.41, 5.74) is 1.53. The van der Waals surface area contributed by atoms with Crippen molar-refractivity contribution in [1.29, 1.82) is 0 Å². The summed E-state index contributed by atoms with van der Waals surface area (Å²) in [4.78, 5) is 13.0. The lowest BCUT2D eigenvalue weighted by Crippen LogP contribution is -2.45. The van der Waals surface area contributed by atoms with Crippen LogP contribution >= 0.6 is 0 Å². The van der Waals surface area contributed by atoms with Crippen LogP contribution in [0.5, 0.6) is 0 Å². The van der Waals surface area contributed by atoms with Crippen molar-refractivity contribution in [1.82, 2.24) is 5.32 Å². The highest BCUT2D eigenvalue weighted by Gasteiger charge is 2.40. The maximum Gasteiger partial charge on any atom is 0.264 e. The third-order valence-corrected chi connectivity index (χ3v) is 7.81. The highest BCUT2D eigenvalue weighted by Crippen LogP contribution is 2.44. The van der Waals surface area contributed by atoms with Crippen molar-refractivity contribution < 1.29 is 13.2 Å². The Balaban J connectivity index is 1.58. The number of anilines is 1. The number of hydrogen-bond acceptors (Lipinski definition) is 3. The molecule has 0 heterocycles. The molecule has 0 saturated heterocycles. The first-order valence-electron chi connectivity index (χ1n) is 9.87. The fraction of sp³-hybridized carbons (Fsp3) is 0.409. The van der Waals surface area contributed by atoms with Crippen LogP contribution in [0.3, 0.4) is 0 Å². The first-order valence-corrected chi connectivity index (χ1v) is 11.3. The topological polar surface area (TPSA) is 66.5 Å². The summed E-state index contributed by atoms with van der Waals surface area (Å²) in [6.07, 6.45) is 4.63. The normalized spacial score (nSPS) is 23.5. The van der Waals surface area contributed by atoms with Gasteiger partial charge in [0.05, 0.1) is 10.6 Å². The van der Waals surface area contributed by atoms with Gasteiger partial charge in [-0.1, -0.05) is 42.3 Å². The van der Waals surface area contributed by atoms with Crippen LogP contribution < -0.4 is 9.62 Å². The summed E-state index contributed by atoms with van der Waals surface area (Å²) >= 11 is 0. The van der Waals surface area contributed by atoms with Gasteiger partial charge >= 0.3 is 0 Å². The number of sulfonamides is 1. The van der Waals surface area contributed by atoms with Crippen molar-refractivity contribution in [3.8, 4) is 0 Å². The van der Waals surface area contributed by atoms with E-state index in [9.17, 15) is 13.2 Å². The third-order valence-electron chi connectivity index (χ3n) is 6.02. The molecule has 2 aromatic rings. The number of benzene rings is 2. The van der Waals surface area contributed by atoms with E-state index in [2.05, 4.69) is 5.32 Å². The van der Waals surface area contributed by atoms with E-state index >= 15 is 0 Å². The number of amides is 1. The van der Waals surface area contributed by atoms with E-state index in [4.69, 9.17) is 0 Å². The maximum atomic E-state index is 13.3. The minimum absolute atomic E-state index is 0.184. The molecule has 3 atom stereocenters. The molecule has 0 unspecified atom stereocenters. The van der Waals surface area contributed by atoms with Gasteiger partial charge in [0.15, 0.2) is 0 Å². The largest absolute Gasteiger partial charge is 0.352 e. The Hall–Kier alpha value is -2.34. The lowest BCUT2D eigenvalue weighted by Gasteiger charge is -2.27. The second-order valence-corrected chi connectivity index (χ2v) is 9.87. The van der Waals surface area contributed by atoms with Crippen LogP contribution in [0.2, 0.25) is 0 Å². The molecular formula is C22H26N2O3S. The monoisotopic (exact) mass is 398 g/mol. The van der Waals surface area contributed by atoms with E-state index in [1.807, 2.05) is 19.1 Å². The Morgan fingerprint density at radius 3 is 2.36 bits per heavy atom. The second kappa shape index (κ2) is 7.59. The molecule has 0 aliphatic heterocycles. The van der Waals surface area contributed by atoms with Gasteiger partial charge in [0.2, 0.25) is 5.91 Å². The van der Waals surface area contributed by atoms with E-state index in [1.54, 1.807) is 42.5 Å². The highest BCUT2D eigenvalue weighted by atomic mass is 32.2. The molecule has 2 aliphatic rings. The first kappa shape index (κ1) is 19.0. The summed E-state index contributed by atoms with van der Waals surface area (Å²) in [5.74, 6) is 1.03. The van der Waals surface area contributed by atoms with Crippen molar-refractivity contribution >= 4 is 21.6 Å². The van der Waals surface area contributed by atoms with Crippen molar-refractivity contribution in [2.24, 2.45) is 11.8 Å². The molecular weight excluding hydrogens is 372 g/mol. The Bertz CT molecular complexity index is 942. The van der Waals surface area contributed by atoms with E-state index in [0.29, 0.717) is 11.6 Å². The predicted molar refractivity (Wildman–Crippen MR) is 110 cm³/mol. The molecule has 2 saturated carbocycles. The van der Waals surface area contributed by atoms with E-state index in [0.717, 1.165) is 17.9 Å². The van der Waals surface area contributed by atoms with Crippen LogP contribution in [-0.2, 0) is 14.8 Å². The molecule has 28 heavy (non-hydrogen) atoms. The summed E-state index contributed by atoms with van der Waals surface area (Å²) in [6, 6.07) is 15.7. The average Bonchev–Trinajstić information content (AvgIpc) is 3.31. The minimum atomic E-state index is -3.83. The zero-order chi connectivity index (χ0) is 19.7. The van der Waals surface area contributed by atoms with Gasteiger partial charge in [-0.3, -0.25) is 9.10 Å². The fourth-order valence-electron chi connectivity index (χ4n) is 4.55.